The van der Waals surface area contributed by atoms with Crippen LogP contribution >= 0.6 is 0 Å². The number of rotatable bonds is 8. The minimum atomic E-state index is 0.869. The van der Waals surface area contributed by atoms with Gasteiger partial charge < -0.3 is 18.8 Å². The van der Waals surface area contributed by atoms with Gasteiger partial charge in [0, 0.05) is 50.3 Å². The quantitative estimate of drug-likeness (QED) is 0.142. The summed E-state index contributed by atoms with van der Waals surface area (Å²) in [6.45, 7) is 0. The number of anilines is 6. The SMILES string of the molecule is c1ccc(N(c2ccccc2)c2ccc3c(c2)c2cc(-c4ccc(N(c5ccccc5)c5cccc6oc7ccccc7c56)cc4)ccc2n3-c2ccc3c4ccccc4c4ccccc4c3c2)cc1. The summed E-state index contributed by atoms with van der Waals surface area (Å²) in [5.74, 6) is 0. The number of aromatic nitrogens is 1. The van der Waals surface area contributed by atoms with Gasteiger partial charge >= 0.3 is 0 Å². The zero-order valence-corrected chi connectivity index (χ0v) is 38.1. The van der Waals surface area contributed by atoms with Gasteiger partial charge in [-0.05, 0) is 153 Å². The Morgan fingerprint density at radius 2 is 0.743 bits per heavy atom. The molecule has 328 valence electrons. The molecule has 0 fully saturated rings. The molecule has 0 radical (unpaired) electrons. The van der Waals surface area contributed by atoms with Crippen LogP contribution in [0.4, 0.5) is 34.1 Å². The van der Waals surface area contributed by atoms with Gasteiger partial charge in [0.2, 0.25) is 0 Å². The molecule has 14 aromatic rings. The maximum absolute atomic E-state index is 6.37. The Morgan fingerprint density at radius 3 is 1.39 bits per heavy atom. The molecule has 0 aliphatic rings. The van der Waals surface area contributed by atoms with Crippen LogP contribution in [-0.2, 0) is 0 Å². The van der Waals surface area contributed by atoms with Crippen LogP contribution < -0.4 is 9.80 Å². The van der Waals surface area contributed by atoms with E-state index in [1.165, 1.54) is 43.1 Å². The molecule has 0 saturated heterocycles. The topological polar surface area (TPSA) is 24.6 Å². The molecule has 0 amide bonds. The fraction of sp³-hybridized carbons (Fsp3) is 0. The molecular weight excluding hydrogens is 851 g/mol. The third-order valence-electron chi connectivity index (χ3n) is 14.1. The fourth-order valence-electron chi connectivity index (χ4n) is 11.0. The molecular formula is C66H43N3O. The van der Waals surface area contributed by atoms with E-state index < -0.39 is 0 Å². The second-order valence-electron chi connectivity index (χ2n) is 18.1. The van der Waals surface area contributed by atoms with E-state index in [9.17, 15) is 0 Å². The van der Waals surface area contributed by atoms with E-state index in [0.717, 1.165) is 83.9 Å². The molecule has 12 aromatic carbocycles. The van der Waals surface area contributed by atoms with Crippen molar-refractivity contribution >= 4 is 110 Å². The Bertz CT molecular complexity index is 4210. The molecule has 2 aromatic heterocycles. The fourth-order valence-corrected chi connectivity index (χ4v) is 11.0. The molecule has 0 bridgehead atoms. The molecule has 0 aliphatic carbocycles. The normalized spacial score (nSPS) is 11.7. The van der Waals surface area contributed by atoms with Crippen molar-refractivity contribution in [2.45, 2.75) is 0 Å². The second kappa shape index (κ2) is 16.2. The van der Waals surface area contributed by atoms with Gasteiger partial charge in [-0.15, -0.1) is 0 Å². The number of nitrogens with zero attached hydrogens (tertiary/aromatic N) is 3. The van der Waals surface area contributed by atoms with E-state index in [1.54, 1.807) is 0 Å². The maximum atomic E-state index is 6.37. The van der Waals surface area contributed by atoms with Crippen LogP contribution in [0.15, 0.2) is 265 Å². The van der Waals surface area contributed by atoms with Crippen LogP contribution in [0.3, 0.4) is 0 Å². The molecule has 0 N–H and O–H groups in total. The van der Waals surface area contributed by atoms with E-state index >= 15 is 0 Å². The molecule has 0 spiro atoms. The first kappa shape index (κ1) is 39.8. The van der Waals surface area contributed by atoms with Crippen LogP contribution in [0, 0.1) is 0 Å². The first-order valence-corrected chi connectivity index (χ1v) is 23.9. The van der Waals surface area contributed by atoms with Crippen molar-refractivity contribution in [1.82, 2.24) is 4.57 Å². The summed E-state index contributed by atoms with van der Waals surface area (Å²) < 4.78 is 8.83. The summed E-state index contributed by atoms with van der Waals surface area (Å²) in [4.78, 5) is 4.69. The molecule has 70 heavy (non-hydrogen) atoms. The highest BCUT2D eigenvalue weighted by molar-refractivity contribution is 6.26. The van der Waals surface area contributed by atoms with E-state index in [1.807, 2.05) is 12.1 Å². The van der Waals surface area contributed by atoms with Crippen molar-refractivity contribution in [3.63, 3.8) is 0 Å². The lowest BCUT2D eigenvalue weighted by Crippen LogP contribution is -2.10. The molecule has 4 heteroatoms. The van der Waals surface area contributed by atoms with Gasteiger partial charge in [0.25, 0.3) is 0 Å². The van der Waals surface area contributed by atoms with Crippen LogP contribution in [-0.4, -0.2) is 4.57 Å². The van der Waals surface area contributed by atoms with Gasteiger partial charge in [0.15, 0.2) is 0 Å². The Hall–Kier alpha value is -9.38. The van der Waals surface area contributed by atoms with E-state index in [0.29, 0.717) is 0 Å². The molecule has 0 aliphatic heterocycles. The van der Waals surface area contributed by atoms with Crippen LogP contribution in [0.2, 0.25) is 0 Å². The van der Waals surface area contributed by atoms with Gasteiger partial charge in [-0.2, -0.15) is 0 Å². The Balaban J connectivity index is 0.955. The monoisotopic (exact) mass is 893 g/mol. The highest BCUT2D eigenvalue weighted by atomic mass is 16.3. The third-order valence-corrected chi connectivity index (χ3v) is 14.1. The van der Waals surface area contributed by atoms with E-state index in [-0.39, 0.29) is 0 Å². The highest BCUT2D eigenvalue weighted by Gasteiger charge is 2.22. The molecule has 4 nitrogen and oxygen atoms in total. The molecule has 2 heterocycles. The standard InChI is InChI=1S/C66H43N3O/c1-4-17-46(18-5-1)67(47-19-6-2-7-20-47)50-37-40-62-60(43-50)59-41-45(33-39-61(59)69(62)51-36-38-56-54-25-11-10-23-52(54)53-24-12-13-26-55(53)58(56)42-51)44-31-34-49(35-32-44)68(48-21-8-3-9-22-48)63-28-16-30-65-66(63)57-27-14-15-29-64(57)70-65/h1-43H. The first-order valence-electron chi connectivity index (χ1n) is 23.9. The number of hydrogen-bond acceptors (Lipinski definition) is 3. The lowest BCUT2D eigenvalue weighted by Gasteiger charge is -2.26. The zero-order valence-electron chi connectivity index (χ0n) is 38.1. The molecule has 0 unspecified atom stereocenters. The van der Waals surface area contributed by atoms with Crippen LogP contribution in [0.5, 0.6) is 0 Å². The van der Waals surface area contributed by atoms with Crippen molar-refractivity contribution in [1.29, 1.82) is 0 Å². The smallest absolute Gasteiger partial charge is 0.137 e. The van der Waals surface area contributed by atoms with Gasteiger partial charge in [-0.25, -0.2) is 0 Å². The number of fused-ring (bicyclic) bond motifs is 12. The number of benzene rings is 12. The first-order chi connectivity index (χ1) is 34.7. The van der Waals surface area contributed by atoms with E-state index in [4.69, 9.17) is 4.42 Å². The Labute approximate surface area is 404 Å². The third kappa shape index (κ3) is 6.38. The van der Waals surface area contributed by atoms with Crippen molar-refractivity contribution < 1.29 is 4.42 Å². The molecule has 0 atom stereocenters. The summed E-state index contributed by atoms with van der Waals surface area (Å²) in [6, 6.07) is 94.2. The predicted octanol–water partition coefficient (Wildman–Crippen LogP) is 18.7. The summed E-state index contributed by atoms with van der Waals surface area (Å²) in [5.41, 5.74) is 14.0. The van der Waals surface area contributed by atoms with Gasteiger partial charge in [0.1, 0.15) is 11.2 Å². The van der Waals surface area contributed by atoms with Crippen molar-refractivity contribution in [2.75, 3.05) is 9.80 Å². The Kier molecular flexibility index (Phi) is 9.17. The highest BCUT2D eigenvalue weighted by Crippen LogP contribution is 2.45. The lowest BCUT2D eigenvalue weighted by molar-refractivity contribution is 0.669. The van der Waals surface area contributed by atoms with Crippen LogP contribution in [0.25, 0.3) is 92.9 Å². The zero-order chi connectivity index (χ0) is 46.1. The van der Waals surface area contributed by atoms with Gasteiger partial charge in [0.05, 0.1) is 22.1 Å². The number of para-hydroxylation sites is 4. The largest absolute Gasteiger partial charge is 0.456 e. The van der Waals surface area contributed by atoms with Crippen molar-refractivity contribution in [2.24, 2.45) is 0 Å². The minimum Gasteiger partial charge on any atom is -0.456 e. The number of hydrogen-bond donors (Lipinski definition) is 0. The van der Waals surface area contributed by atoms with Gasteiger partial charge in [-0.3, -0.25) is 0 Å². The summed E-state index contributed by atoms with van der Waals surface area (Å²) in [7, 11) is 0. The maximum Gasteiger partial charge on any atom is 0.137 e. The minimum absolute atomic E-state index is 0.869. The predicted molar refractivity (Wildman–Crippen MR) is 295 cm³/mol. The van der Waals surface area contributed by atoms with Gasteiger partial charge in [-0.1, -0.05) is 152 Å². The van der Waals surface area contributed by atoms with Crippen molar-refractivity contribution in [3.8, 4) is 16.8 Å². The average molecular weight is 894 g/mol. The molecule has 0 saturated carbocycles. The average Bonchev–Trinajstić information content (AvgIpc) is 3.98. The van der Waals surface area contributed by atoms with E-state index in [2.05, 4.69) is 263 Å². The lowest BCUT2D eigenvalue weighted by atomic mass is 9.94. The van der Waals surface area contributed by atoms with Crippen molar-refractivity contribution in [3.05, 3.63) is 261 Å². The summed E-state index contributed by atoms with van der Waals surface area (Å²) >= 11 is 0. The van der Waals surface area contributed by atoms with Crippen LogP contribution in [0.1, 0.15) is 0 Å². The number of furan rings is 1. The summed E-state index contributed by atoms with van der Waals surface area (Å²) in [6.07, 6.45) is 0. The second-order valence-corrected chi connectivity index (χ2v) is 18.1. The Morgan fingerprint density at radius 1 is 0.271 bits per heavy atom. The summed E-state index contributed by atoms with van der Waals surface area (Å²) in [5, 5.41) is 12.1. The molecule has 14 rings (SSSR count).